The molecule has 0 saturated carbocycles. The lowest BCUT2D eigenvalue weighted by Gasteiger charge is -2.27. The number of hydrogen-bond acceptors (Lipinski definition) is 5. The predicted molar refractivity (Wildman–Crippen MR) is 111 cm³/mol. The first-order chi connectivity index (χ1) is 11.7. The van der Waals surface area contributed by atoms with Gasteiger partial charge in [0.05, 0.1) is 18.1 Å². The van der Waals surface area contributed by atoms with E-state index in [9.17, 15) is 0 Å². The number of para-hydroxylation sites is 2. The number of aliphatic imine (C=N–C) groups is 1. The Kier molecular flexibility index (Phi) is 7.76. The van der Waals surface area contributed by atoms with Crippen LogP contribution in [-0.2, 0) is 6.54 Å². The van der Waals surface area contributed by atoms with Gasteiger partial charge in [-0.1, -0.05) is 12.1 Å². The van der Waals surface area contributed by atoms with Crippen LogP contribution in [0.25, 0.3) is 0 Å². The van der Waals surface area contributed by atoms with Crippen LogP contribution in [0.5, 0.6) is 11.5 Å². The highest BCUT2D eigenvalue weighted by atomic mass is 127. The van der Waals surface area contributed by atoms with Gasteiger partial charge >= 0.3 is 0 Å². The van der Waals surface area contributed by atoms with E-state index in [1.807, 2.05) is 44.3 Å². The molecule has 1 unspecified atom stereocenters. The SMILES string of the molecule is CCNC(=NCc1cnc(C)s1)NCC1COc2ccccc2O1.I. The molecule has 0 bridgehead atoms. The third-order valence-corrected chi connectivity index (χ3v) is 4.37. The molecule has 2 N–H and O–H groups in total. The molecule has 0 aliphatic carbocycles. The second kappa shape index (κ2) is 9.81. The van der Waals surface area contributed by atoms with E-state index < -0.39 is 0 Å². The Morgan fingerprint density at radius 3 is 2.84 bits per heavy atom. The van der Waals surface area contributed by atoms with E-state index in [4.69, 9.17) is 9.47 Å². The minimum Gasteiger partial charge on any atom is -0.486 e. The van der Waals surface area contributed by atoms with Gasteiger partial charge in [-0.15, -0.1) is 35.3 Å². The van der Waals surface area contributed by atoms with Crippen LogP contribution in [0.3, 0.4) is 0 Å². The summed E-state index contributed by atoms with van der Waals surface area (Å²) >= 11 is 1.67. The van der Waals surface area contributed by atoms with Crippen molar-refractivity contribution in [3.63, 3.8) is 0 Å². The highest BCUT2D eigenvalue weighted by Crippen LogP contribution is 2.30. The van der Waals surface area contributed by atoms with Gasteiger partial charge in [-0.05, 0) is 26.0 Å². The van der Waals surface area contributed by atoms with Crippen LogP contribution in [0.15, 0.2) is 35.5 Å². The zero-order valence-corrected chi connectivity index (χ0v) is 17.5. The molecule has 25 heavy (non-hydrogen) atoms. The highest BCUT2D eigenvalue weighted by Gasteiger charge is 2.20. The third kappa shape index (κ3) is 5.74. The number of fused-ring (bicyclic) bond motifs is 1. The van der Waals surface area contributed by atoms with Gasteiger partial charge in [0, 0.05) is 17.6 Å². The minimum atomic E-state index is -0.0468. The van der Waals surface area contributed by atoms with Crippen molar-refractivity contribution < 1.29 is 9.47 Å². The van der Waals surface area contributed by atoms with Crippen LogP contribution < -0.4 is 20.1 Å². The monoisotopic (exact) mass is 474 g/mol. The van der Waals surface area contributed by atoms with E-state index in [-0.39, 0.29) is 30.1 Å². The van der Waals surface area contributed by atoms with Crippen molar-refractivity contribution in [3.05, 3.63) is 40.3 Å². The summed E-state index contributed by atoms with van der Waals surface area (Å²) in [5, 5.41) is 7.62. The van der Waals surface area contributed by atoms with Crippen LogP contribution in [0.4, 0.5) is 0 Å². The molecule has 2 aromatic rings. The molecule has 1 aliphatic rings. The van der Waals surface area contributed by atoms with Gasteiger partial charge < -0.3 is 20.1 Å². The lowest BCUT2D eigenvalue weighted by atomic mass is 10.2. The van der Waals surface area contributed by atoms with Crippen LogP contribution in [0.1, 0.15) is 16.8 Å². The maximum absolute atomic E-state index is 5.95. The van der Waals surface area contributed by atoms with Gasteiger partial charge in [0.25, 0.3) is 0 Å². The zero-order valence-electron chi connectivity index (χ0n) is 14.3. The molecular weight excluding hydrogens is 451 g/mol. The Labute approximate surface area is 169 Å². The second-order valence-electron chi connectivity index (χ2n) is 5.42. The van der Waals surface area contributed by atoms with E-state index in [0.29, 0.717) is 19.7 Å². The molecule has 0 amide bonds. The molecule has 3 rings (SSSR count). The first kappa shape index (κ1) is 19.8. The van der Waals surface area contributed by atoms with Crippen molar-refractivity contribution in [2.75, 3.05) is 19.7 Å². The number of hydrogen-bond donors (Lipinski definition) is 2. The number of nitrogens with one attached hydrogen (secondary N) is 2. The number of nitrogens with zero attached hydrogens (tertiary/aromatic N) is 2. The Hall–Kier alpha value is -1.55. The molecule has 1 aromatic heterocycles. The number of aryl methyl sites for hydroxylation is 1. The molecule has 0 saturated heterocycles. The number of ether oxygens (including phenoxy) is 2. The van der Waals surface area contributed by atoms with Crippen molar-refractivity contribution in [3.8, 4) is 11.5 Å². The first-order valence-corrected chi connectivity index (χ1v) is 8.88. The summed E-state index contributed by atoms with van der Waals surface area (Å²) in [5.41, 5.74) is 0. The van der Waals surface area contributed by atoms with Gasteiger partial charge in [-0.2, -0.15) is 0 Å². The minimum absolute atomic E-state index is 0. The van der Waals surface area contributed by atoms with E-state index in [2.05, 4.69) is 20.6 Å². The molecule has 1 aromatic carbocycles. The van der Waals surface area contributed by atoms with E-state index >= 15 is 0 Å². The maximum Gasteiger partial charge on any atom is 0.191 e. The Morgan fingerprint density at radius 2 is 2.12 bits per heavy atom. The molecule has 2 heterocycles. The van der Waals surface area contributed by atoms with Gasteiger partial charge in [0.15, 0.2) is 17.5 Å². The van der Waals surface area contributed by atoms with Crippen molar-refractivity contribution >= 4 is 41.3 Å². The standard InChI is InChI=1S/C17H22N4O2S.HI/c1-3-18-17(21-10-14-9-19-12(2)24-14)20-8-13-11-22-15-6-4-5-7-16(15)23-13;/h4-7,9,13H,3,8,10-11H2,1-2H3,(H2,18,20,21);1H. The van der Waals surface area contributed by atoms with Crippen molar-refractivity contribution in [2.45, 2.75) is 26.5 Å². The summed E-state index contributed by atoms with van der Waals surface area (Å²) in [4.78, 5) is 10.00. The Morgan fingerprint density at radius 1 is 1.32 bits per heavy atom. The fraction of sp³-hybridized carbons (Fsp3) is 0.412. The summed E-state index contributed by atoms with van der Waals surface area (Å²) in [5.74, 6) is 2.36. The second-order valence-corrected chi connectivity index (χ2v) is 6.74. The summed E-state index contributed by atoms with van der Waals surface area (Å²) in [6, 6.07) is 7.73. The molecule has 6 nitrogen and oxygen atoms in total. The average molecular weight is 474 g/mol. The van der Waals surface area contributed by atoms with E-state index in [0.717, 1.165) is 33.9 Å². The number of rotatable bonds is 5. The summed E-state index contributed by atoms with van der Waals surface area (Å²) in [7, 11) is 0. The zero-order chi connectivity index (χ0) is 16.8. The van der Waals surface area contributed by atoms with Gasteiger partial charge in [-0.3, -0.25) is 0 Å². The predicted octanol–water partition coefficient (Wildman–Crippen LogP) is 2.96. The lowest BCUT2D eigenvalue weighted by Crippen LogP contribution is -2.45. The molecule has 0 spiro atoms. The first-order valence-electron chi connectivity index (χ1n) is 8.06. The van der Waals surface area contributed by atoms with Gasteiger partial charge in [0.2, 0.25) is 0 Å². The van der Waals surface area contributed by atoms with Crippen LogP contribution in [-0.4, -0.2) is 36.7 Å². The number of aromatic nitrogens is 1. The molecule has 8 heteroatoms. The van der Waals surface area contributed by atoms with Crippen molar-refractivity contribution in [2.24, 2.45) is 4.99 Å². The average Bonchev–Trinajstić information content (AvgIpc) is 3.02. The maximum atomic E-state index is 5.95. The highest BCUT2D eigenvalue weighted by molar-refractivity contribution is 14.0. The molecule has 0 fully saturated rings. The van der Waals surface area contributed by atoms with E-state index in [1.165, 1.54) is 0 Å². The third-order valence-electron chi connectivity index (χ3n) is 3.47. The van der Waals surface area contributed by atoms with E-state index in [1.54, 1.807) is 11.3 Å². The molecule has 1 aliphatic heterocycles. The summed E-state index contributed by atoms with van der Waals surface area (Å²) < 4.78 is 11.7. The topological polar surface area (TPSA) is 67.8 Å². The number of guanidine groups is 1. The smallest absolute Gasteiger partial charge is 0.191 e. The van der Waals surface area contributed by atoms with Gasteiger partial charge in [-0.25, -0.2) is 9.98 Å². The molecular formula is C17H23IN4O2S. The molecule has 1 atom stereocenters. The number of halogens is 1. The van der Waals surface area contributed by atoms with Crippen LogP contribution in [0.2, 0.25) is 0 Å². The fourth-order valence-corrected chi connectivity index (χ4v) is 3.07. The normalized spacial score (nSPS) is 16.1. The van der Waals surface area contributed by atoms with Crippen LogP contribution in [0, 0.1) is 6.92 Å². The lowest BCUT2D eigenvalue weighted by molar-refractivity contribution is 0.0936. The van der Waals surface area contributed by atoms with Crippen LogP contribution >= 0.6 is 35.3 Å². The molecule has 0 radical (unpaired) electrons. The number of thiazole rings is 1. The largest absolute Gasteiger partial charge is 0.486 e. The van der Waals surface area contributed by atoms with Crippen molar-refractivity contribution in [1.82, 2.24) is 15.6 Å². The quantitative estimate of drug-likeness (QED) is 0.397. The Bertz CT molecular complexity index is 707. The number of benzene rings is 1. The summed E-state index contributed by atoms with van der Waals surface area (Å²) in [6.07, 6.45) is 1.83. The molecule has 136 valence electrons. The fourth-order valence-electron chi connectivity index (χ4n) is 2.35. The van der Waals surface area contributed by atoms with Crippen molar-refractivity contribution in [1.29, 1.82) is 0 Å². The summed E-state index contributed by atoms with van der Waals surface area (Å²) in [6.45, 7) is 6.62. The Balaban J connectivity index is 0.00000225. The van der Waals surface area contributed by atoms with Gasteiger partial charge in [0.1, 0.15) is 12.7 Å².